The topological polar surface area (TPSA) is 101 Å². The number of esters is 1. The number of hydrogen-bond acceptors (Lipinski definition) is 6. The number of carbonyl (C=O) groups is 2. The van der Waals surface area contributed by atoms with Gasteiger partial charge in [-0.05, 0) is 49.2 Å². The Labute approximate surface area is 185 Å². The summed E-state index contributed by atoms with van der Waals surface area (Å²) >= 11 is 1.26. The molecule has 3 aromatic rings. The number of piperidine rings is 1. The summed E-state index contributed by atoms with van der Waals surface area (Å²) in [7, 11) is 1.38. The summed E-state index contributed by atoms with van der Waals surface area (Å²) in [6, 6.07) is 13.3. The standard InChI is InChI=1S/C23H26N4O3S/c1-30-22(29)20(16-10-8-15(9-11-16)14-27-12-3-2-4-13-27)31-23-25-18-7-5-6-17(21(24)28)19(18)26-23/h5-11,20H,2-4,12-14H2,1H3,(H2,24,28)(H,25,26). The number of primary amides is 1. The highest BCUT2D eigenvalue weighted by atomic mass is 32.2. The number of para-hydroxylation sites is 1. The first-order valence-electron chi connectivity index (χ1n) is 10.4. The number of nitrogens with zero attached hydrogens (tertiary/aromatic N) is 2. The Balaban J connectivity index is 1.55. The number of ether oxygens (including phenoxy) is 1. The Morgan fingerprint density at radius 2 is 1.90 bits per heavy atom. The van der Waals surface area contributed by atoms with Gasteiger partial charge in [-0.25, -0.2) is 4.98 Å². The molecule has 0 radical (unpaired) electrons. The highest BCUT2D eigenvalue weighted by Crippen LogP contribution is 2.36. The molecule has 162 valence electrons. The van der Waals surface area contributed by atoms with Gasteiger partial charge in [-0.15, -0.1) is 0 Å². The first-order valence-corrected chi connectivity index (χ1v) is 11.3. The Hall–Kier alpha value is -2.84. The van der Waals surface area contributed by atoms with Crippen LogP contribution < -0.4 is 5.73 Å². The number of nitrogens with two attached hydrogens (primary N) is 1. The van der Waals surface area contributed by atoms with Gasteiger partial charge in [0.05, 0.1) is 18.2 Å². The number of fused-ring (bicyclic) bond motifs is 1. The zero-order valence-electron chi connectivity index (χ0n) is 17.5. The molecule has 1 aliphatic rings. The number of benzene rings is 2. The van der Waals surface area contributed by atoms with E-state index in [-0.39, 0.29) is 5.97 Å². The van der Waals surface area contributed by atoms with E-state index in [4.69, 9.17) is 10.5 Å². The van der Waals surface area contributed by atoms with E-state index in [1.165, 1.54) is 43.7 Å². The number of carbonyl (C=O) groups excluding carboxylic acids is 2. The molecular formula is C23H26N4O3S. The lowest BCUT2D eigenvalue weighted by Gasteiger charge is -2.26. The summed E-state index contributed by atoms with van der Waals surface area (Å²) in [5.41, 5.74) is 9.06. The minimum absolute atomic E-state index is 0.345. The molecule has 2 aromatic carbocycles. The minimum Gasteiger partial charge on any atom is -0.468 e. The third-order valence-electron chi connectivity index (χ3n) is 5.54. The van der Waals surface area contributed by atoms with Crippen LogP contribution in [0.2, 0.25) is 0 Å². The van der Waals surface area contributed by atoms with Gasteiger partial charge < -0.3 is 15.5 Å². The highest BCUT2D eigenvalue weighted by molar-refractivity contribution is 8.00. The number of nitrogens with one attached hydrogen (secondary N) is 1. The lowest BCUT2D eigenvalue weighted by molar-refractivity contribution is -0.140. The number of methoxy groups -OCH3 is 1. The smallest absolute Gasteiger partial charge is 0.323 e. The number of amides is 1. The van der Waals surface area contributed by atoms with Crippen molar-refractivity contribution in [2.75, 3.05) is 20.2 Å². The van der Waals surface area contributed by atoms with Crippen molar-refractivity contribution >= 4 is 34.7 Å². The van der Waals surface area contributed by atoms with E-state index >= 15 is 0 Å². The van der Waals surface area contributed by atoms with Gasteiger partial charge in [0, 0.05) is 6.54 Å². The molecule has 1 aliphatic heterocycles. The molecule has 1 aromatic heterocycles. The van der Waals surface area contributed by atoms with Crippen molar-refractivity contribution in [2.45, 2.75) is 36.2 Å². The van der Waals surface area contributed by atoms with Crippen LogP contribution in [-0.2, 0) is 16.1 Å². The quantitative estimate of drug-likeness (QED) is 0.431. The van der Waals surface area contributed by atoms with Crippen LogP contribution in [0.25, 0.3) is 11.0 Å². The maximum Gasteiger partial charge on any atom is 0.323 e. The van der Waals surface area contributed by atoms with Gasteiger partial charge in [0.2, 0.25) is 0 Å². The van der Waals surface area contributed by atoms with Crippen LogP contribution in [0.5, 0.6) is 0 Å². The van der Waals surface area contributed by atoms with Crippen LogP contribution in [0.4, 0.5) is 0 Å². The zero-order valence-corrected chi connectivity index (χ0v) is 18.3. The van der Waals surface area contributed by atoms with Crippen molar-refractivity contribution in [2.24, 2.45) is 5.73 Å². The van der Waals surface area contributed by atoms with Gasteiger partial charge in [-0.2, -0.15) is 0 Å². The number of hydrogen-bond donors (Lipinski definition) is 2. The Bertz CT molecular complexity index is 1070. The predicted octanol–water partition coefficient (Wildman–Crippen LogP) is 3.65. The number of aromatic nitrogens is 2. The van der Waals surface area contributed by atoms with Crippen LogP contribution in [-0.4, -0.2) is 46.9 Å². The third kappa shape index (κ3) is 4.91. The molecule has 0 aliphatic carbocycles. The molecule has 0 saturated carbocycles. The fourth-order valence-electron chi connectivity index (χ4n) is 3.91. The lowest BCUT2D eigenvalue weighted by Crippen LogP contribution is -2.29. The fourth-order valence-corrected chi connectivity index (χ4v) is 4.93. The molecule has 0 bridgehead atoms. The van der Waals surface area contributed by atoms with E-state index in [0.717, 1.165) is 25.2 Å². The van der Waals surface area contributed by atoms with Crippen LogP contribution >= 0.6 is 11.8 Å². The molecule has 1 atom stereocenters. The lowest BCUT2D eigenvalue weighted by atomic mass is 10.1. The van der Waals surface area contributed by atoms with Gasteiger partial charge >= 0.3 is 5.97 Å². The van der Waals surface area contributed by atoms with E-state index in [9.17, 15) is 9.59 Å². The zero-order chi connectivity index (χ0) is 21.8. The number of rotatable bonds is 7. The molecule has 31 heavy (non-hydrogen) atoms. The van der Waals surface area contributed by atoms with Gasteiger partial charge in [0.25, 0.3) is 5.91 Å². The number of imidazole rings is 1. The maximum absolute atomic E-state index is 12.5. The summed E-state index contributed by atoms with van der Waals surface area (Å²) < 4.78 is 5.04. The second-order valence-electron chi connectivity index (χ2n) is 7.71. The monoisotopic (exact) mass is 438 g/mol. The van der Waals surface area contributed by atoms with E-state index in [2.05, 4.69) is 27.0 Å². The molecule has 7 nitrogen and oxygen atoms in total. The van der Waals surface area contributed by atoms with Gasteiger partial charge in [0.15, 0.2) is 5.16 Å². The molecule has 1 saturated heterocycles. The summed E-state index contributed by atoms with van der Waals surface area (Å²) in [6.45, 7) is 3.21. The van der Waals surface area contributed by atoms with Crippen molar-refractivity contribution in [3.05, 3.63) is 59.2 Å². The van der Waals surface area contributed by atoms with Crippen molar-refractivity contribution in [3.63, 3.8) is 0 Å². The molecular weight excluding hydrogens is 412 g/mol. The SMILES string of the molecule is COC(=O)C(Sc1nc2c(C(N)=O)cccc2[nH]1)c1ccc(CN2CCCCC2)cc1. The largest absolute Gasteiger partial charge is 0.468 e. The number of H-pyrrole nitrogens is 1. The van der Waals surface area contributed by atoms with Gasteiger partial charge in [-0.3, -0.25) is 14.5 Å². The molecule has 1 unspecified atom stereocenters. The van der Waals surface area contributed by atoms with Gasteiger partial charge in [-0.1, -0.05) is 48.5 Å². The molecule has 1 amide bonds. The minimum atomic E-state index is -0.577. The molecule has 0 spiro atoms. The summed E-state index contributed by atoms with van der Waals surface area (Å²) in [5, 5.41) is -0.0527. The Kier molecular flexibility index (Phi) is 6.58. The summed E-state index contributed by atoms with van der Waals surface area (Å²) in [4.78, 5) is 34.4. The average Bonchev–Trinajstić information content (AvgIpc) is 3.21. The van der Waals surface area contributed by atoms with Crippen molar-refractivity contribution in [1.82, 2.24) is 14.9 Å². The molecule has 2 heterocycles. The first-order chi connectivity index (χ1) is 15.0. The molecule has 1 fully saturated rings. The first kappa shape index (κ1) is 21.4. The second kappa shape index (κ2) is 9.53. The normalized spacial score (nSPS) is 15.6. The van der Waals surface area contributed by atoms with E-state index in [1.54, 1.807) is 12.1 Å². The second-order valence-corrected chi connectivity index (χ2v) is 8.80. The molecule has 3 N–H and O–H groups in total. The maximum atomic E-state index is 12.5. The van der Waals surface area contributed by atoms with Gasteiger partial charge in [0.1, 0.15) is 10.8 Å². The average molecular weight is 439 g/mol. The van der Waals surface area contributed by atoms with Crippen molar-refractivity contribution < 1.29 is 14.3 Å². The highest BCUT2D eigenvalue weighted by Gasteiger charge is 2.25. The van der Waals surface area contributed by atoms with Crippen molar-refractivity contribution in [1.29, 1.82) is 0 Å². The summed E-state index contributed by atoms with van der Waals surface area (Å²) in [6.07, 6.45) is 3.83. The van der Waals surface area contributed by atoms with E-state index < -0.39 is 11.2 Å². The fraction of sp³-hybridized carbons (Fsp3) is 0.348. The van der Waals surface area contributed by atoms with E-state index in [0.29, 0.717) is 21.8 Å². The predicted molar refractivity (Wildman–Crippen MR) is 121 cm³/mol. The summed E-state index contributed by atoms with van der Waals surface area (Å²) in [5.74, 6) is -0.896. The Morgan fingerprint density at radius 1 is 1.16 bits per heavy atom. The van der Waals surface area contributed by atoms with Crippen molar-refractivity contribution in [3.8, 4) is 0 Å². The molecule has 8 heteroatoms. The number of aromatic amines is 1. The number of thioether (sulfide) groups is 1. The van der Waals surface area contributed by atoms with Crippen LogP contribution in [0.3, 0.4) is 0 Å². The van der Waals surface area contributed by atoms with E-state index in [1.807, 2.05) is 18.2 Å². The van der Waals surface area contributed by atoms with Crippen LogP contribution in [0.1, 0.15) is 46.0 Å². The van der Waals surface area contributed by atoms with Crippen LogP contribution in [0.15, 0.2) is 47.6 Å². The third-order valence-corrected chi connectivity index (χ3v) is 6.66. The number of likely N-dealkylation sites (tertiary alicyclic amines) is 1. The Morgan fingerprint density at radius 3 is 2.58 bits per heavy atom. The molecule has 4 rings (SSSR count). The van der Waals surface area contributed by atoms with Crippen LogP contribution in [0, 0.1) is 0 Å².